The van der Waals surface area contributed by atoms with E-state index in [2.05, 4.69) is 11.8 Å². The summed E-state index contributed by atoms with van der Waals surface area (Å²) in [6, 6.07) is 0. The Morgan fingerprint density at radius 1 is 1.14 bits per heavy atom. The van der Waals surface area contributed by atoms with E-state index < -0.39 is 5.41 Å². The molecule has 0 saturated heterocycles. The first-order valence-corrected chi connectivity index (χ1v) is 2.77. The SMILES string of the molecule is [CH2-]OCC(C)(CO)CO.[CH3-].[CH3-].[Rf].[Y].[Y]. The molecule has 2 radical (unpaired) electrons. The van der Waals surface area contributed by atoms with Gasteiger partial charge in [0.05, 0.1) is 13.2 Å². The maximum Gasteiger partial charge on any atom is 0.0527 e. The molecule has 0 rings (SSSR count). The Hall–Kier alpha value is 1.09. The van der Waals surface area contributed by atoms with E-state index in [0.29, 0.717) is 0 Å². The standard InChI is InChI=1S/C6H13O3.2CH3.Rf.2Y/c1-6(3-7,4-8)5-9-2;;;;;/h7-8H,2-5H2,1H3;2*1H3;;;/q3*-1;;;. The van der Waals surface area contributed by atoms with Crippen LogP contribution in [0.25, 0.3) is 0 Å². The molecule has 0 aromatic carbocycles. The summed E-state index contributed by atoms with van der Waals surface area (Å²) < 4.78 is 4.52. The smallest absolute Gasteiger partial charge is 0.0527 e. The monoisotopic (exact) mass is 608 g/mol. The molecule has 0 spiro atoms. The Bertz CT molecular complexity index is 83.0. The zero-order valence-corrected chi connectivity index (χ0v) is 21.6. The maximum absolute atomic E-state index is 8.65. The van der Waals surface area contributed by atoms with Gasteiger partial charge in [0.1, 0.15) is 0 Å². The Labute approximate surface area is 133 Å². The van der Waals surface area contributed by atoms with E-state index in [9.17, 15) is 0 Å². The second kappa shape index (κ2) is 19.6. The van der Waals surface area contributed by atoms with Gasteiger partial charge in [0.25, 0.3) is 0 Å². The van der Waals surface area contributed by atoms with Crippen molar-refractivity contribution in [2.45, 2.75) is 6.92 Å². The van der Waals surface area contributed by atoms with Gasteiger partial charge in [0, 0.05) is 77.4 Å². The molecule has 0 bridgehead atoms. The number of hydrogen-bond donors (Lipinski definition) is 2. The van der Waals surface area contributed by atoms with Crippen molar-refractivity contribution >= 4 is 0 Å². The summed E-state index contributed by atoms with van der Waals surface area (Å²) in [5, 5.41) is 17.3. The molecule has 0 aliphatic rings. The quantitative estimate of drug-likeness (QED) is 0.463. The third-order valence-corrected chi connectivity index (χ3v) is 1.21. The van der Waals surface area contributed by atoms with Crippen LogP contribution in [0.5, 0.6) is 0 Å². The number of aliphatic hydroxyl groups excluding tert-OH is 2. The number of aliphatic hydroxyl groups is 2. The number of rotatable bonds is 4. The zero-order chi connectivity index (χ0) is 7.33. The topological polar surface area (TPSA) is 49.7 Å². The molecule has 0 aromatic rings. The molecule has 0 atom stereocenters. The van der Waals surface area contributed by atoms with Gasteiger partial charge in [0.2, 0.25) is 0 Å². The molecule has 0 aliphatic heterocycles. The van der Waals surface area contributed by atoms with Crippen LogP contribution in [0.15, 0.2) is 0 Å². The van der Waals surface area contributed by atoms with Crippen LogP contribution in [0.4, 0.5) is 0 Å². The van der Waals surface area contributed by atoms with E-state index in [0.717, 1.165) is 0 Å². The van der Waals surface area contributed by atoms with Crippen molar-refractivity contribution in [1.29, 1.82) is 0 Å². The van der Waals surface area contributed by atoms with Gasteiger partial charge in [-0.05, 0) is 0 Å². The summed E-state index contributed by atoms with van der Waals surface area (Å²) in [4.78, 5) is 0. The molecule has 0 saturated carbocycles. The van der Waals surface area contributed by atoms with Crippen molar-refractivity contribution < 1.29 is 80.4 Å². The summed E-state index contributed by atoms with van der Waals surface area (Å²) in [6.07, 6.45) is 0. The van der Waals surface area contributed by atoms with Crippen molar-refractivity contribution in [3.8, 4) is 0 Å². The fourth-order valence-electron chi connectivity index (χ4n) is 0.388. The first-order chi connectivity index (χ1) is 4.18. The fourth-order valence-corrected chi connectivity index (χ4v) is 0.388. The van der Waals surface area contributed by atoms with Crippen LogP contribution < -0.4 is 0 Å². The Kier molecular flexibility index (Phi) is 50.8. The Balaban J connectivity index is -0.0000000320. The van der Waals surface area contributed by atoms with Crippen LogP contribution in [-0.2, 0) is 70.2 Å². The van der Waals surface area contributed by atoms with Crippen molar-refractivity contribution in [2.24, 2.45) is 5.41 Å². The second-order valence-electron chi connectivity index (χ2n) is 2.48. The van der Waals surface area contributed by atoms with Gasteiger partial charge in [-0.15, -0.1) is 0 Å². The summed E-state index contributed by atoms with van der Waals surface area (Å²) in [6.45, 7) is 1.83. The molecule has 80 valence electrons. The minimum atomic E-state index is -0.540. The largest absolute Gasteiger partial charge is 0.554 e. The normalized spacial score (nSPS) is 7.71. The predicted molar refractivity (Wildman–Crippen MR) is 46.4 cm³/mol. The molecular weight excluding hydrogens is 589 g/mol. The molecule has 0 heterocycles. The molecule has 6 heteroatoms. The molecule has 3 nitrogen and oxygen atoms in total. The minimum Gasteiger partial charge on any atom is -0.554 e. The Morgan fingerprint density at radius 3 is 1.50 bits per heavy atom. The van der Waals surface area contributed by atoms with Crippen LogP contribution in [-0.4, -0.2) is 30.0 Å². The van der Waals surface area contributed by atoms with Crippen molar-refractivity contribution in [3.05, 3.63) is 22.0 Å². The van der Waals surface area contributed by atoms with Gasteiger partial charge < -0.3 is 29.8 Å². The van der Waals surface area contributed by atoms with Crippen molar-refractivity contribution in [2.75, 3.05) is 19.8 Å². The van der Waals surface area contributed by atoms with Crippen molar-refractivity contribution in [3.63, 3.8) is 0 Å². The van der Waals surface area contributed by atoms with Gasteiger partial charge in [0.15, 0.2) is 0 Å². The van der Waals surface area contributed by atoms with Gasteiger partial charge in [-0.1, -0.05) is 6.92 Å². The van der Waals surface area contributed by atoms with Gasteiger partial charge >= 0.3 is 0 Å². The van der Waals surface area contributed by atoms with Gasteiger partial charge in [-0.3, -0.25) is 0 Å². The molecule has 2 N–H and O–H groups in total. The first-order valence-electron chi connectivity index (χ1n) is 2.77. The maximum atomic E-state index is 8.65. The molecular formula is C8H19O3RfY2-3. The molecule has 0 fully saturated rings. The minimum absolute atomic E-state index is 0. The summed E-state index contributed by atoms with van der Waals surface area (Å²) >= 11 is 0. The van der Waals surface area contributed by atoms with E-state index in [1.54, 1.807) is 6.92 Å². The first kappa shape index (κ1) is 36.3. The van der Waals surface area contributed by atoms with Crippen LogP contribution in [0.1, 0.15) is 6.92 Å². The third-order valence-electron chi connectivity index (χ3n) is 1.21. The predicted octanol–water partition coefficient (Wildman–Crippen LogP) is 0.681. The molecule has 0 aromatic heterocycles. The third kappa shape index (κ3) is 15.6. The zero-order valence-electron chi connectivity index (χ0n) is 9.49. The number of hydrogen-bond acceptors (Lipinski definition) is 3. The average molecular weight is 608 g/mol. The Morgan fingerprint density at radius 2 is 1.43 bits per heavy atom. The van der Waals surface area contributed by atoms with E-state index in [4.69, 9.17) is 10.2 Å². The summed E-state index contributed by atoms with van der Waals surface area (Å²) in [5.74, 6) is 0. The van der Waals surface area contributed by atoms with Crippen LogP contribution >= 0.6 is 0 Å². The molecule has 0 unspecified atom stereocenters. The molecule has 14 heavy (non-hydrogen) atoms. The second-order valence-corrected chi connectivity index (χ2v) is 2.48. The van der Waals surface area contributed by atoms with Crippen molar-refractivity contribution in [1.82, 2.24) is 0 Å². The van der Waals surface area contributed by atoms with E-state index in [1.165, 1.54) is 0 Å². The molecule has 0 aliphatic carbocycles. The van der Waals surface area contributed by atoms with Crippen LogP contribution in [0, 0.1) is 27.4 Å². The van der Waals surface area contributed by atoms with E-state index in [-0.39, 0.29) is 100 Å². The average Bonchev–Trinajstić information content (AvgIpc) is 1.89. The fraction of sp³-hybridized carbons (Fsp3) is 0.625. The summed E-state index contributed by atoms with van der Waals surface area (Å²) in [5.41, 5.74) is -0.540. The van der Waals surface area contributed by atoms with E-state index in [1.807, 2.05) is 0 Å². The van der Waals surface area contributed by atoms with Crippen LogP contribution in [0.2, 0.25) is 0 Å². The van der Waals surface area contributed by atoms with E-state index >= 15 is 0 Å². The van der Waals surface area contributed by atoms with Gasteiger partial charge in [-0.25, -0.2) is 7.11 Å². The number of ether oxygens (including phenoxy) is 1. The van der Waals surface area contributed by atoms with Crippen LogP contribution in [0.3, 0.4) is 0 Å². The molecule has 0 amide bonds. The van der Waals surface area contributed by atoms with Gasteiger partial charge in [-0.2, -0.15) is 0 Å². The summed E-state index contributed by atoms with van der Waals surface area (Å²) in [7, 11) is 3.14.